The van der Waals surface area contributed by atoms with Crippen molar-refractivity contribution >= 4 is 47.5 Å². The van der Waals surface area contributed by atoms with Crippen molar-refractivity contribution in [3.63, 3.8) is 0 Å². The van der Waals surface area contributed by atoms with Crippen LogP contribution in [0.1, 0.15) is 104 Å². The lowest BCUT2D eigenvalue weighted by atomic mass is 9.97. The second-order valence-corrected chi connectivity index (χ2v) is 21.5. The second kappa shape index (κ2) is 30.9. The Morgan fingerprint density at radius 1 is 0.390 bits per heavy atom. The van der Waals surface area contributed by atoms with Gasteiger partial charge in [-0.25, -0.2) is 9.59 Å². The third kappa shape index (κ3) is 22.7. The van der Waals surface area contributed by atoms with Crippen molar-refractivity contribution in [2.45, 2.75) is 155 Å². The van der Waals surface area contributed by atoms with Crippen LogP contribution in [0.2, 0.25) is 0 Å². The maximum absolute atomic E-state index is 14.4. The average Bonchev–Trinajstić information content (AvgIpc) is 3.37. The standard InChI is InChI=1S/C60H81N7O10/c1-38(2)45(35-52(68)61-49(32-42-25-17-12-18-26-42)56(72)65-47(40(5)6)37-54(70)63-51(58(74)76-10)34-44-29-21-14-22-30-44)64-55(71)48(31-41-23-15-11-16-24-41)62-53(69)36-46(39(3)4)66-57(73)50(33-43-27-19-13-20-28-43)67-59(75)77-60(7,8)9/h11-30,38-40,45-51H,31-37H2,1-10H3,(H,61,68)(H,62,69)(H,63,70)(H,64,71)(H,65,72)(H,66,73)(H,67,75)/t45-,46-,47-,48+,49+,50+,51+/m0/s1. The van der Waals surface area contributed by atoms with Gasteiger partial charge in [0.05, 0.1) is 7.11 Å². The number of methoxy groups -OCH3 is 1. The number of alkyl carbamates (subject to hydrolysis) is 1. The Bertz CT molecular complexity index is 2520. The molecule has 0 aliphatic heterocycles. The Hall–Kier alpha value is -7.56. The highest BCUT2D eigenvalue weighted by Gasteiger charge is 2.33. The summed E-state index contributed by atoms with van der Waals surface area (Å²) < 4.78 is 10.4. The van der Waals surface area contributed by atoms with Crippen LogP contribution in [0.25, 0.3) is 0 Å². The summed E-state index contributed by atoms with van der Waals surface area (Å²) in [5.74, 6) is -4.45. The number of carbonyl (C=O) groups is 8. The molecular weight excluding hydrogens is 979 g/mol. The molecule has 0 bridgehead atoms. The van der Waals surface area contributed by atoms with Crippen LogP contribution in [-0.4, -0.2) is 103 Å². The van der Waals surface area contributed by atoms with Gasteiger partial charge in [-0.15, -0.1) is 0 Å². The van der Waals surface area contributed by atoms with Gasteiger partial charge in [-0.2, -0.15) is 0 Å². The summed E-state index contributed by atoms with van der Waals surface area (Å²) in [4.78, 5) is 110. The van der Waals surface area contributed by atoms with Crippen molar-refractivity contribution in [3.8, 4) is 0 Å². The minimum Gasteiger partial charge on any atom is -0.467 e. The number of rotatable bonds is 28. The molecule has 77 heavy (non-hydrogen) atoms. The van der Waals surface area contributed by atoms with E-state index in [0.717, 1.165) is 22.3 Å². The number of nitrogens with one attached hydrogen (secondary N) is 7. The molecule has 0 aromatic heterocycles. The number of ether oxygens (including phenoxy) is 2. The highest BCUT2D eigenvalue weighted by molar-refractivity contribution is 5.91. The molecule has 0 saturated carbocycles. The van der Waals surface area contributed by atoms with Crippen molar-refractivity contribution in [1.82, 2.24) is 37.2 Å². The summed E-state index contributed by atoms with van der Waals surface area (Å²) in [6.07, 6.45) is -0.744. The first-order chi connectivity index (χ1) is 36.5. The Labute approximate surface area is 454 Å². The van der Waals surface area contributed by atoms with Crippen molar-refractivity contribution < 1.29 is 47.8 Å². The highest BCUT2D eigenvalue weighted by atomic mass is 16.6. The van der Waals surface area contributed by atoms with Crippen LogP contribution in [0.3, 0.4) is 0 Å². The van der Waals surface area contributed by atoms with Crippen LogP contribution >= 0.6 is 0 Å². The zero-order valence-corrected chi connectivity index (χ0v) is 46.4. The summed E-state index contributed by atoms with van der Waals surface area (Å²) >= 11 is 0. The Morgan fingerprint density at radius 3 is 0.909 bits per heavy atom. The molecule has 4 rings (SSSR count). The van der Waals surface area contributed by atoms with Gasteiger partial charge >= 0.3 is 12.1 Å². The first-order valence-electron chi connectivity index (χ1n) is 26.5. The Kier molecular flexibility index (Phi) is 24.8. The summed E-state index contributed by atoms with van der Waals surface area (Å²) in [7, 11) is 1.25. The zero-order valence-electron chi connectivity index (χ0n) is 46.4. The largest absolute Gasteiger partial charge is 0.467 e. The minimum atomic E-state index is -1.10. The second-order valence-electron chi connectivity index (χ2n) is 21.5. The highest BCUT2D eigenvalue weighted by Crippen LogP contribution is 2.16. The van der Waals surface area contributed by atoms with Crippen LogP contribution < -0.4 is 37.2 Å². The van der Waals surface area contributed by atoms with E-state index < -0.39 is 95.4 Å². The third-order valence-corrected chi connectivity index (χ3v) is 12.9. The molecule has 17 heteroatoms. The molecule has 0 aliphatic rings. The van der Waals surface area contributed by atoms with E-state index in [9.17, 15) is 38.4 Å². The molecular formula is C60H81N7O10. The monoisotopic (exact) mass is 1060 g/mol. The van der Waals surface area contributed by atoms with E-state index >= 15 is 0 Å². The lowest BCUT2D eigenvalue weighted by molar-refractivity contribution is -0.145. The average molecular weight is 1060 g/mol. The van der Waals surface area contributed by atoms with Gasteiger partial charge in [0.2, 0.25) is 35.4 Å². The predicted molar refractivity (Wildman–Crippen MR) is 296 cm³/mol. The van der Waals surface area contributed by atoms with Gasteiger partial charge in [-0.1, -0.05) is 163 Å². The first kappa shape index (κ1) is 62.0. The Balaban J connectivity index is 1.48. The molecule has 0 radical (unpaired) electrons. The first-order valence-corrected chi connectivity index (χ1v) is 26.5. The molecule has 7 atom stereocenters. The van der Waals surface area contributed by atoms with Crippen molar-refractivity contribution in [2.75, 3.05) is 7.11 Å². The van der Waals surface area contributed by atoms with Crippen LogP contribution in [0.5, 0.6) is 0 Å². The summed E-state index contributed by atoms with van der Waals surface area (Å²) in [6.45, 7) is 16.3. The lowest BCUT2D eigenvalue weighted by Crippen LogP contribution is -2.56. The molecule has 7 amide bonds. The molecule has 0 fully saturated rings. The molecule has 0 heterocycles. The minimum absolute atomic E-state index is 0.109. The van der Waals surface area contributed by atoms with E-state index in [1.165, 1.54) is 7.11 Å². The normalized spacial score (nSPS) is 14.1. The maximum atomic E-state index is 14.4. The number of hydrogen-bond donors (Lipinski definition) is 7. The molecule has 0 saturated heterocycles. The van der Waals surface area contributed by atoms with Crippen LogP contribution in [0.4, 0.5) is 4.79 Å². The predicted octanol–water partition coefficient (Wildman–Crippen LogP) is 6.07. The van der Waals surface area contributed by atoms with Gasteiger partial charge in [0, 0.05) is 63.1 Å². The van der Waals surface area contributed by atoms with Crippen molar-refractivity contribution in [1.29, 1.82) is 0 Å². The van der Waals surface area contributed by atoms with Gasteiger partial charge in [0.15, 0.2) is 0 Å². The fourth-order valence-corrected chi connectivity index (χ4v) is 8.38. The van der Waals surface area contributed by atoms with E-state index in [-0.39, 0.29) is 62.7 Å². The quantitative estimate of drug-likeness (QED) is 0.0324. The fraction of sp³-hybridized carbons (Fsp3) is 0.467. The number of hydrogen-bond acceptors (Lipinski definition) is 10. The van der Waals surface area contributed by atoms with Gasteiger partial charge in [0.1, 0.15) is 29.8 Å². The van der Waals surface area contributed by atoms with E-state index in [4.69, 9.17) is 9.47 Å². The number of benzene rings is 4. The van der Waals surface area contributed by atoms with E-state index in [0.29, 0.717) is 0 Å². The molecule has 4 aromatic carbocycles. The molecule has 416 valence electrons. The van der Waals surface area contributed by atoms with Crippen LogP contribution in [0.15, 0.2) is 121 Å². The summed E-state index contributed by atoms with van der Waals surface area (Å²) in [6, 6.07) is 30.4. The van der Waals surface area contributed by atoms with Crippen molar-refractivity contribution in [2.24, 2.45) is 17.8 Å². The van der Waals surface area contributed by atoms with E-state index in [2.05, 4.69) is 37.2 Å². The summed E-state index contributed by atoms with van der Waals surface area (Å²) in [5, 5.41) is 20.2. The molecule has 0 aliphatic carbocycles. The molecule has 7 N–H and O–H groups in total. The van der Waals surface area contributed by atoms with E-state index in [1.807, 2.05) is 163 Å². The van der Waals surface area contributed by atoms with Crippen LogP contribution in [0, 0.1) is 17.8 Å². The smallest absolute Gasteiger partial charge is 0.408 e. The van der Waals surface area contributed by atoms with Gasteiger partial charge in [0.25, 0.3) is 0 Å². The fourth-order valence-electron chi connectivity index (χ4n) is 8.38. The molecule has 0 spiro atoms. The van der Waals surface area contributed by atoms with Crippen molar-refractivity contribution in [3.05, 3.63) is 144 Å². The lowest BCUT2D eigenvalue weighted by Gasteiger charge is -2.29. The maximum Gasteiger partial charge on any atom is 0.408 e. The van der Waals surface area contributed by atoms with Crippen LogP contribution in [-0.2, 0) is 68.7 Å². The molecule has 0 unspecified atom stereocenters. The number of carbonyl (C=O) groups excluding carboxylic acids is 8. The topological polar surface area (TPSA) is 239 Å². The zero-order chi connectivity index (χ0) is 56.7. The Morgan fingerprint density at radius 2 is 0.649 bits per heavy atom. The third-order valence-electron chi connectivity index (χ3n) is 12.9. The number of esters is 1. The SMILES string of the molecule is COC(=O)[C@@H](Cc1ccccc1)NC(=O)C[C@H](NC(=O)[C@@H](Cc1ccccc1)NC(=O)C[C@H](NC(=O)[C@@H](Cc1ccccc1)NC(=O)C[C@H](NC(=O)[C@@H](Cc1ccccc1)NC(=O)OC(C)(C)C)C(C)C)C(C)C)C(C)C. The number of amides is 7. The van der Waals surface area contributed by atoms with Gasteiger partial charge < -0.3 is 46.7 Å². The molecule has 4 aromatic rings. The van der Waals surface area contributed by atoms with Gasteiger partial charge in [-0.3, -0.25) is 28.8 Å². The summed E-state index contributed by atoms with van der Waals surface area (Å²) in [5.41, 5.74) is 2.35. The van der Waals surface area contributed by atoms with Gasteiger partial charge in [-0.05, 0) is 60.8 Å². The molecule has 17 nitrogen and oxygen atoms in total. The van der Waals surface area contributed by atoms with E-state index in [1.54, 1.807) is 20.8 Å².